The lowest BCUT2D eigenvalue weighted by Crippen LogP contribution is -2.15. The molecule has 126 valence electrons. The molecule has 0 aliphatic carbocycles. The number of allylic oxidation sites excluding steroid dienone is 1. The maximum atomic E-state index is 14.0. The minimum absolute atomic E-state index is 0.839. The number of benzene rings is 3. The molecule has 0 saturated heterocycles. The summed E-state index contributed by atoms with van der Waals surface area (Å²) in [5, 5.41) is 5.03. The molecule has 0 bridgehead atoms. The van der Waals surface area contributed by atoms with Crippen LogP contribution in [-0.2, 0) is 4.57 Å². The van der Waals surface area contributed by atoms with Crippen LogP contribution in [-0.4, -0.2) is 0 Å². The van der Waals surface area contributed by atoms with Crippen molar-refractivity contribution in [1.29, 1.82) is 0 Å². The third-order valence-corrected chi connectivity index (χ3v) is 6.93. The van der Waals surface area contributed by atoms with Gasteiger partial charge in [0.15, 0.2) is 7.14 Å². The zero-order valence-electron chi connectivity index (χ0n) is 14.5. The van der Waals surface area contributed by atoms with Crippen LogP contribution in [0.5, 0.6) is 0 Å². The van der Waals surface area contributed by atoms with Gasteiger partial charge < -0.3 is 9.88 Å². The monoisotopic (exact) mass is 347 g/mol. The van der Waals surface area contributed by atoms with Crippen molar-refractivity contribution in [2.75, 3.05) is 5.32 Å². The summed E-state index contributed by atoms with van der Waals surface area (Å²) < 4.78 is 14.0. The summed E-state index contributed by atoms with van der Waals surface area (Å²) in [5.41, 5.74) is 3.08. The highest BCUT2D eigenvalue weighted by atomic mass is 31.2. The van der Waals surface area contributed by atoms with Crippen LogP contribution in [0.1, 0.15) is 12.5 Å². The molecule has 1 N–H and O–H groups in total. The van der Waals surface area contributed by atoms with E-state index in [9.17, 15) is 4.57 Å². The fraction of sp³-hybridized carbons (Fsp3) is 0.0909. The fourth-order valence-corrected chi connectivity index (χ4v) is 5.20. The molecule has 0 atom stereocenters. The molecule has 0 heterocycles. The standard InChI is InChI=1S/C22H22NOP/c1-18-13-15-20(16-14-18)23-19(2)17-25(24,21-9-5-3-6-10-21)22-11-7-4-8-12-22/h3-17,23H,1-2H3/b19-17-. The molecule has 0 aliphatic rings. The number of aryl methyl sites for hydroxylation is 1. The maximum absolute atomic E-state index is 14.0. The van der Waals surface area contributed by atoms with E-state index in [-0.39, 0.29) is 0 Å². The van der Waals surface area contributed by atoms with Gasteiger partial charge >= 0.3 is 0 Å². The lowest BCUT2D eigenvalue weighted by atomic mass is 10.2. The molecule has 3 aromatic rings. The van der Waals surface area contributed by atoms with E-state index in [2.05, 4.69) is 24.4 Å². The van der Waals surface area contributed by atoms with Crippen LogP contribution in [0.3, 0.4) is 0 Å². The first-order chi connectivity index (χ1) is 12.1. The van der Waals surface area contributed by atoms with Crippen LogP contribution in [0, 0.1) is 6.92 Å². The van der Waals surface area contributed by atoms with Crippen molar-refractivity contribution in [3.05, 3.63) is 102 Å². The van der Waals surface area contributed by atoms with Crippen molar-refractivity contribution in [2.45, 2.75) is 13.8 Å². The van der Waals surface area contributed by atoms with Gasteiger partial charge in [-0.05, 0) is 26.0 Å². The first-order valence-corrected chi connectivity index (χ1v) is 10.1. The van der Waals surface area contributed by atoms with Crippen molar-refractivity contribution in [1.82, 2.24) is 0 Å². The van der Waals surface area contributed by atoms with Gasteiger partial charge in [-0.25, -0.2) is 0 Å². The van der Waals surface area contributed by atoms with E-state index in [1.165, 1.54) is 5.56 Å². The second-order valence-electron chi connectivity index (χ2n) is 6.13. The van der Waals surface area contributed by atoms with Crippen LogP contribution in [0.25, 0.3) is 0 Å². The Bertz CT molecular complexity index is 856. The van der Waals surface area contributed by atoms with E-state index in [1.807, 2.05) is 85.5 Å². The summed E-state index contributed by atoms with van der Waals surface area (Å²) in [7, 11) is -2.85. The normalized spacial score (nSPS) is 12.0. The Morgan fingerprint density at radius 2 is 1.28 bits per heavy atom. The van der Waals surface area contributed by atoms with Crippen molar-refractivity contribution < 1.29 is 4.57 Å². The first kappa shape index (κ1) is 17.3. The summed E-state index contributed by atoms with van der Waals surface area (Å²) in [4.78, 5) is 0. The Kier molecular flexibility index (Phi) is 5.21. The summed E-state index contributed by atoms with van der Waals surface area (Å²) in [6.07, 6.45) is 0. The Balaban J connectivity index is 2.00. The van der Waals surface area contributed by atoms with Crippen LogP contribution < -0.4 is 15.9 Å². The Morgan fingerprint density at radius 3 is 1.76 bits per heavy atom. The van der Waals surface area contributed by atoms with Crippen LogP contribution in [0.4, 0.5) is 5.69 Å². The molecule has 0 fully saturated rings. The van der Waals surface area contributed by atoms with Crippen LogP contribution >= 0.6 is 7.14 Å². The zero-order chi connectivity index (χ0) is 17.7. The second-order valence-corrected chi connectivity index (χ2v) is 8.74. The van der Waals surface area contributed by atoms with Gasteiger partial charge in [0, 0.05) is 27.8 Å². The molecule has 0 radical (unpaired) electrons. The average Bonchev–Trinajstić information content (AvgIpc) is 2.65. The number of hydrogen-bond acceptors (Lipinski definition) is 2. The van der Waals surface area contributed by atoms with Gasteiger partial charge in [-0.3, -0.25) is 0 Å². The van der Waals surface area contributed by atoms with Crippen molar-refractivity contribution in [3.8, 4) is 0 Å². The lowest BCUT2D eigenvalue weighted by molar-refractivity contribution is 0.592. The minimum atomic E-state index is -2.85. The molecule has 0 aromatic heterocycles. The topological polar surface area (TPSA) is 29.1 Å². The van der Waals surface area contributed by atoms with E-state index in [0.29, 0.717) is 0 Å². The van der Waals surface area contributed by atoms with E-state index in [0.717, 1.165) is 22.0 Å². The molecule has 3 heteroatoms. The van der Waals surface area contributed by atoms with Crippen molar-refractivity contribution in [2.24, 2.45) is 0 Å². The molecular formula is C22H22NOP. The Hall–Kier alpha value is -2.57. The third kappa shape index (κ3) is 4.10. The van der Waals surface area contributed by atoms with Gasteiger partial charge in [-0.1, -0.05) is 78.4 Å². The molecule has 25 heavy (non-hydrogen) atoms. The van der Waals surface area contributed by atoms with Crippen LogP contribution in [0.15, 0.2) is 96.4 Å². The molecule has 0 unspecified atom stereocenters. The quantitative estimate of drug-likeness (QED) is 0.636. The second kappa shape index (κ2) is 7.55. The van der Waals surface area contributed by atoms with E-state index < -0.39 is 7.14 Å². The van der Waals surface area contributed by atoms with E-state index >= 15 is 0 Å². The predicted octanol–water partition coefficient (Wildman–Crippen LogP) is 5.28. The highest BCUT2D eigenvalue weighted by molar-refractivity contribution is 7.81. The summed E-state index contributed by atoms with van der Waals surface area (Å²) in [6, 6.07) is 27.5. The highest BCUT2D eigenvalue weighted by Crippen LogP contribution is 2.45. The molecular weight excluding hydrogens is 325 g/mol. The number of rotatable bonds is 5. The van der Waals surface area contributed by atoms with Crippen molar-refractivity contribution in [3.63, 3.8) is 0 Å². The van der Waals surface area contributed by atoms with Gasteiger partial charge in [0.2, 0.25) is 0 Å². The number of hydrogen-bond donors (Lipinski definition) is 1. The third-order valence-electron chi connectivity index (χ3n) is 4.05. The molecule has 3 aromatic carbocycles. The summed E-state index contributed by atoms with van der Waals surface area (Å²) >= 11 is 0. The van der Waals surface area contributed by atoms with Gasteiger partial charge in [-0.2, -0.15) is 0 Å². The molecule has 0 amide bonds. The van der Waals surface area contributed by atoms with Gasteiger partial charge in [0.1, 0.15) is 0 Å². The average molecular weight is 347 g/mol. The molecule has 0 spiro atoms. The number of nitrogens with one attached hydrogen (secondary N) is 1. The van der Waals surface area contributed by atoms with Gasteiger partial charge in [-0.15, -0.1) is 0 Å². The van der Waals surface area contributed by atoms with Gasteiger partial charge in [0.05, 0.1) is 0 Å². The predicted molar refractivity (Wildman–Crippen MR) is 108 cm³/mol. The zero-order valence-corrected chi connectivity index (χ0v) is 15.4. The SMILES string of the molecule is C/C(=C/P(=O)(c1ccccc1)c1ccccc1)Nc1ccc(C)cc1. The first-order valence-electron chi connectivity index (χ1n) is 8.32. The Morgan fingerprint density at radius 1 is 0.800 bits per heavy atom. The van der Waals surface area contributed by atoms with Gasteiger partial charge in [0.25, 0.3) is 0 Å². The molecule has 3 rings (SSSR count). The van der Waals surface area contributed by atoms with E-state index in [4.69, 9.17) is 0 Å². The van der Waals surface area contributed by atoms with E-state index in [1.54, 1.807) is 0 Å². The molecule has 2 nitrogen and oxygen atoms in total. The highest BCUT2D eigenvalue weighted by Gasteiger charge is 2.24. The summed E-state index contributed by atoms with van der Waals surface area (Å²) in [5.74, 6) is 1.87. The maximum Gasteiger partial charge on any atom is 0.165 e. The molecule has 0 aliphatic heterocycles. The van der Waals surface area contributed by atoms with Crippen LogP contribution in [0.2, 0.25) is 0 Å². The molecule has 0 saturated carbocycles. The minimum Gasteiger partial charge on any atom is -0.359 e. The smallest absolute Gasteiger partial charge is 0.165 e. The Labute approximate surface area is 149 Å². The fourth-order valence-electron chi connectivity index (χ4n) is 2.77. The number of anilines is 1. The van der Waals surface area contributed by atoms with Crippen molar-refractivity contribution >= 4 is 23.4 Å². The largest absolute Gasteiger partial charge is 0.359 e. The summed E-state index contributed by atoms with van der Waals surface area (Å²) in [6.45, 7) is 4.02. The lowest BCUT2D eigenvalue weighted by Gasteiger charge is -2.17.